The largest absolute Gasteiger partial charge is 1.00 e. The molecule has 0 radical (unpaired) electrons. The fraction of sp³-hybridized carbons (Fsp3) is 0.765. The Morgan fingerprint density at radius 2 is 1.20 bits per heavy atom. The van der Waals surface area contributed by atoms with Gasteiger partial charge in [-0.3, -0.25) is 0 Å². The normalized spacial score (nSPS) is 14.4. The van der Waals surface area contributed by atoms with Crippen LogP contribution in [-0.2, 0) is 24.7 Å². The molecule has 0 atom stereocenters. The van der Waals surface area contributed by atoms with E-state index in [0.717, 1.165) is 0 Å². The summed E-state index contributed by atoms with van der Waals surface area (Å²) in [6, 6.07) is 0. The van der Waals surface area contributed by atoms with Gasteiger partial charge in [0.2, 0.25) is 0 Å². The second-order valence-electron chi connectivity index (χ2n) is 5.53. The Bertz CT molecular complexity index is 319. The van der Waals surface area contributed by atoms with Crippen LogP contribution in [-0.4, -0.2) is 0 Å². The molecule has 0 aromatic heterocycles. The molecule has 0 bridgehead atoms. The third-order valence-electron chi connectivity index (χ3n) is 3.94. The van der Waals surface area contributed by atoms with Gasteiger partial charge in [-0.25, -0.2) is 0 Å². The Morgan fingerprint density at radius 1 is 0.750 bits per heavy atom. The van der Waals surface area contributed by atoms with Crippen LogP contribution in [0.2, 0.25) is 0 Å². The van der Waals surface area contributed by atoms with Gasteiger partial charge in [0.15, 0.2) is 0 Å². The summed E-state index contributed by atoms with van der Waals surface area (Å²) in [5.74, 6) is 0. The van der Waals surface area contributed by atoms with E-state index < -0.39 is 0 Å². The zero-order chi connectivity index (χ0) is 13.4. The van der Waals surface area contributed by atoms with Gasteiger partial charge in [0.25, 0.3) is 0 Å². The molecule has 0 saturated carbocycles. The van der Waals surface area contributed by atoms with E-state index in [1.807, 2.05) is 5.57 Å². The van der Waals surface area contributed by atoms with Crippen LogP contribution in [0.3, 0.4) is 0 Å². The third-order valence-corrected chi connectivity index (χ3v) is 5.11. The molecule has 1 rings (SSSR count). The maximum absolute atomic E-state index is 2.31. The number of unbranched alkanes of at least 4 members (excludes halogenated alkanes) is 3. The molecular formula is C17H29Cl2Zr. The van der Waals surface area contributed by atoms with Crippen molar-refractivity contribution in [1.29, 1.82) is 0 Å². The van der Waals surface area contributed by atoms with Gasteiger partial charge in [-0.05, 0) is 0 Å². The van der Waals surface area contributed by atoms with Crippen molar-refractivity contribution in [2.75, 3.05) is 0 Å². The van der Waals surface area contributed by atoms with Crippen LogP contribution in [0, 0.1) is 0 Å². The van der Waals surface area contributed by atoms with Gasteiger partial charge >= 0.3 is 130 Å². The zero-order valence-corrected chi connectivity index (χ0v) is 17.3. The SMILES string of the molecule is CCCCC1=C(CCCC)C(CCCC)=[C]([Zr+2])C1.[Cl-].[Cl-]. The van der Waals surface area contributed by atoms with Gasteiger partial charge in [0.1, 0.15) is 0 Å². The standard InChI is InChI=1S/C17H29.2ClH.Zr/c1-4-7-10-15-13-14-16(11-8-5-2)17(15)12-9-6-3;;;/h4-13H2,1-3H3;2*1H;/q;;;+2/p-2. The number of hydrogen-bond acceptors (Lipinski definition) is 0. The first kappa shape index (κ1) is 23.2. The molecule has 1 aliphatic rings. The van der Waals surface area contributed by atoms with Crippen molar-refractivity contribution >= 4 is 0 Å². The zero-order valence-electron chi connectivity index (χ0n) is 13.3. The van der Waals surface area contributed by atoms with Crippen molar-refractivity contribution < 1.29 is 49.5 Å². The van der Waals surface area contributed by atoms with Crippen LogP contribution in [0.4, 0.5) is 0 Å². The topological polar surface area (TPSA) is 0 Å². The molecule has 0 heterocycles. The number of hydrogen-bond donors (Lipinski definition) is 0. The summed E-state index contributed by atoms with van der Waals surface area (Å²) >= 11 is 1.67. The van der Waals surface area contributed by atoms with E-state index in [1.54, 1.807) is 39.1 Å². The minimum Gasteiger partial charge on any atom is -1.00 e. The van der Waals surface area contributed by atoms with Crippen LogP contribution in [0.1, 0.15) is 85.0 Å². The van der Waals surface area contributed by atoms with Gasteiger partial charge in [0.05, 0.1) is 0 Å². The number of allylic oxidation sites excluding steroid dienone is 4. The maximum atomic E-state index is 2.31. The summed E-state index contributed by atoms with van der Waals surface area (Å²) < 4.78 is 1.77. The van der Waals surface area contributed by atoms with Crippen LogP contribution in [0.25, 0.3) is 0 Å². The predicted molar refractivity (Wildman–Crippen MR) is 77.2 cm³/mol. The van der Waals surface area contributed by atoms with E-state index in [9.17, 15) is 0 Å². The van der Waals surface area contributed by atoms with Crippen molar-refractivity contribution in [2.45, 2.75) is 85.0 Å². The Morgan fingerprint density at radius 3 is 1.70 bits per heavy atom. The quantitative estimate of drug-likeness (QED) is 0.518. The third kappa shape index (κ3) is 7.28. The van der Waals surface area contributed by atoms with Crippen molar-refractivity contribution in [2.24, 2.45) is 0 Å². The molecule has 115 valence electrons. The van der Waals surface area contributed by atoms with Gasteiger partial charge in [-0.2, -0.15) is 0 Å². The minimum absolute atomic E-state index is 0. The Labute approximate surface area is 153 Å². The summed E-state index contributed by atoms with van der Waals surface area (Å²) in [5.41, 5.74) is 5.39. The Hall–Kier alpha value is 0.943. The van der Waals surface area contributed by atoms with E-state index in [-0.39, 0.29) is 24.8 Å². The van der Waals surface area contributed by atoms with Crippen molar-refractivity contribution in [3.05, 3.63) is 20.0 Å². The molecule has 0 saturated heterocycles. The fourth-order valence-electron chi connectivity index (χ4n) is 2.79. The van der Waals surface area contributed by atoms with E-state index in [4.69, 9.17) is 0 Å². The van der Waals surface area contributed by atoms with Gasteiger partial charge < -0.3 is 24.8 Å². The van der Waals surface area contributed by atoms with E-state index >= 15 is 0 Å². The number of halogens is 2. The molecule has 0 N–H and O–H groups in total. The molecule has 0 spiro atoms. The summed E-state index contributed by atoms with van der Waals surface area (Å²) in [6.07, 6.45) is 13.5. The summed E-state index contributed by atoms with van der Waals surface area (Å²) in [5, 5.41) is 0. The summed E-state index contributed by atoms with van der Waals surface area (Å²) in [4.78, 5) is 0. The molecule has 0 unspecified atom stereocenters. The van der Waals surface area contributed by atoms with Gasteiger partial charge in [-0.1, -0.05) is 0 Å². The van der Waals surface area contributed by atoms with E-state index in [1.165, 1.54) is 64.2 Å². The van der Waals surface area contributed by atoms with E-state index in [2.05, 4.69) is 20.8 Å². The first-order chi connectivity index (χ1) is 8.74. The molecule has 0 amide bonds. The average Bonchev–Trinajstić information content (AvgIpc) is 2.67. The summed E-state index contributed by atoms with van der Waals surface area (Å²) in [6.45, 7) is 6.94. The van der Waals surface area contributed by atoms with Crippen LogP contribution < -0.4 is 24.8 Å². The van der Waals surface area contributed by atoms with Crippen LogP contribution in [0.15, 0.2) is 20.0 Å². The van der Waals surface area contributed by atoms with Crippen molar-refractivity contribution in [3.8, 4) is 0 Å². The smallest absolute Gasteiger partial charge is 1.00 e. The van der Waals surface area contributed by atoms with E-state index in [0.29, 0.717) is 0 Å². The van der Waals surface area contributed by atoms with Crippen LogP contribution >= 0.6 is 0 Å². The van der Waals surface area contributed by atoms with Crippen molar-refractivity contribution in [1.82, 2.24) is 0 Å². The monoisotopic (exact) mass is 393 g/mol. The molecule has 0 fully saturated rings. The molecule has 1 aliphatic carbocycles. The second kappa shape index (κ2) is 13.6. The Balaban J connectivity index is 0. The molecule has 0 nitrogen and oxygen atoms in total. The van der Waals surface area contributed by atoms with Crippen molar-refractivity contribution in [3.63, 3.8) is 0 Å². The van der Waals surface area contributed by atoms with Crippen LogP contribution in [0.5, 0.6) is 0 Å². The Kier molecular flexibility index (Phi) is 15.8. The van der Waals surface area contributed by atoms with Gasteiger partial charge in [0, 0.05) is 0 Å². The molecule has 0 aromatic carbocycles. The predicted octanol–water partition coefficient (Wildman–Crippen LogP) is 0.0662. The first-order valence-corrected chi connectivity index (χ1v) is 9.12. The second-order valence-corrected chi connectivity index (χ2v) is 7.01. The fourth-order valence-corrected chi connectivity index (χ4v) is 3.99. The first-order valence-electron chi connectivity index (χ1n) is 7.89. The maximum Gasteiger partial charge on any atom is -1.00 e. The minimum atomic E-state index is 0. The summed E-state index contributed by atoms with van der Waals surface area (Å²) in [7, 11) is 0. The average molecular weight is 396 g/mol. The molecule has 3 heteroatoms. The molecular weight excluding hydrogens is 366 g/mol. The molecule has 20 heavy (non-hydrogen) atoms. The molecule has 0 aromatic rings. The number of rotatable bonds is 9. The van der Waals surface area contributed by atoms with Gasteiger partial charge in [-0.15, -0.1) is 0 Å². The molecule has 0 aliphatic heterocycles.